The molecular formula is C23H25N5O5S. The van der Waals surface area contributed by atoms with Gasteiger partial charge in [0.05, 0.1) is 12.0 Å². The standard InChI is InChI=1S/C23H25N5O5S/c1-25-34(30,31)15-17-6-4-16(5-7-17)14-26-21(29)18-8-10-28(11-9-18)23-19(13-24)27-22(33-23)20-3-2-12-32-20/h2-7,12,18,25H,8-11,14-15H2,1H3,(H,26,29). The Morgan fingerprint density at radius 3 is 2.53 bits per heavy atom. The predicted octanol–water partition coefficient (Wildman–Crippen LogP) is 2.39. The minimum absolute atomic E-state index is 0.0316. The third kappa shape index (κ3) is 5.47. The maximum absolute atomic E-state index is 12.7. The highest BCUT2D eigenvalue weighted by Crippen LogP contribution is 2.31. The molecule has 0 radical (unpaired) electrons. The van der Waals surface area contributed by atoms with E-state index in [-0.39, 0.29) is 29.2 Å². The number of furan rings is 1. The van der Waals surface area contributed by atoms with Gasteiger partial charge in [-0.05, 0) is 43.1 Å². The highest BCUT2D eigenvalue weighted by molar-refractivity contribution is 7.88. The van der Waals surface area contributed by atoms with Crippen LogP contribution >= 0.6 is 0 Å². The van der Waals surface area contributed by atoms with Gasteiger partial charge in [0.15, 0.2) is 5.76 Å². The summed E-state index contributed by atoms with van der Waals surface area (Å²) in [5.41, 5.74) is 1.76. The summed E-state index contributed by atoms with van der Waals surface area (Å²) in [6, 6.07) is 12.6. The molecule has 1 aliphatic rings. The number of carbonyl (C=O) groups is 1. The Balaban J connectivity index is 1.29. The number of carbonyl (C=O) groups excluding carboxylic acids is 1. The molecular weight excluding hydrogens is 458 g/mol. The lowest BCUT2D eigenvalue weighted by molar-refractivity contribution is -0.125. The van der Waals surface area contributed by atoms with E-state index in [0.717, 1.165) is 5.56 Å². The molecule has 11 heteroatoms. The summed E-state index contributed by atoms with van der Waals surface area (Å²) in [5.74, 6) is 0.842. The van der Waals surface area contributed by atoms with Crippen LogP contribution in [-0.2, 0) is 27.1 Å². The van der Waals surface area contributed by atoms with Crippen LogP contribution < -0.4 is 14.9 Å². The highest BCUT2D eigenvalue weighted by Gasteiger charge is 2.29. The Labute approximate surface area is 197 Å². The van der Waals surface area contributed by atoms with Crippen LogP contribution in [0.15, 0.2) is 51.5 Å². The van der Waals surface area contributed by atoms with Gasteiger partial charge in [0.1, 0.15) is 6.07 Å². The van der Waals surface area contributed by atoms with Gasteiger partial charge in [-0.25, -0.2) is 13.1 Å². The van der Waals surface area contributed by atoms with Gasteiger partial charge in [-0.2, -0.15) is 10.2 Å². The Hall–Kier alpha value is -3.62. The lowest BCUT2D eigenvalue weighted by Gasteiger charge is -2.31. The Kier molecular flexibility index (Phi) is 7.00. The van der Waals surface area contributed by atoms with E-state index in [1.807, 2.05) is 17.0 Å². The summed E-state index contributed by atoms with van der Waals surface area (Å²) >= 11 is 0. The topological polar surface area (TPSA) is 141 Å². The Morgan fingerprint density at radius 1 is 1.21 bits per heavy atom. The van der Waals surface area contributed by atoms with E-state index in [4.69, 9.17) is 8.83 Å². The molecule has 2 N–H and O–H groups in total. The third-order valence-electron chi connectivity index (χ3n) is 5.76. The molecule has 1 amide bonds. The van der Waals surface area contributed by atoms with Crippen molar-refractivity contribution in [2.24, 2.45) is 5.92 Å². The first-order valence-corrected chi connectivity index (χ1v) is 12.5. The second-order valence-corrected chi connectivity index (χ2v) is 9.95. The maximum Gasteiger partial charge on any atom is 0.266 e. The smallest absolute Gasteiger partial charge is 0.266 e. The first-order valence-electron chi connectivity index (χ1n) is 10.8. The number of nitrogens with zero attached hydrogens (tertiary/aromatic N) is 3. The average molecular weight is 484 g/mol. The van der Waals surface area contributed by atoms with E-state index < -0.39 is 10.0 Å². The molecule has 3 aromatic rings. The zero-order valence-electron chi connectivity index (χ0n) is 18.7. The Morgan fingerprint density at radius 2 is 1.91 bits per heavy atom. The molecule has 1 saturated heterocycles. The van der Waals surface area contributed by atoms with Crippen LogP contribution in [-0.4, -0.2) is 39.4 Å². The average Bonchev–Trinajstić information content (AvgIpc) is 3.53. The Bertz CT molecular complexity index is 1270. The zero-order chi connectivity index (χ0) is 24.1. The van der Waals surface area contributed by atoms with Crippen molar-refractivity contribution in [1.29, 1.82) is 5.26 Å². The van der Waals surface area contributed by atoms with Crippen molar-refractivity contribution in [1.82, 2.24) is 15.0 Å². The molecule has 10 nitrogen and oxygen atoms in total. The van der Waals surface area contributed by atoms with Crippen molar-refractivity contribution >= 4 is 21.8 Å². The minimum Gasteiger partial charge on any atom is -0.459 e. The summed E-state index contributed by atoms with van der Waals surface area (Å²) in [6.45, 7) is 1.49. The first-order chi connectivity index (χ1) is 16.4. The van der Waals surface area contributed by atoms with E-state index >= 15 is 0 Å². The van der Waals surface area contributed by atoms with E-state index in [9.17, 15) is 18.5 Å². The fraction of sp³-hybridized carbons (Fsp3) is 0.348. The fourth-order valence-corrected chi connectivity index (χ4v) is 4.60. The van der Waals surface area contributed by atoms with Crippen LogP contribution in [0.1, 0.15) is 29.7 Å². The maximum atomic E-state index is 12.7. The summed E-state index contributed by atoms with van der Waals surface area (Å²) < 4.78 is 36.7. The zero-order valence-corrected chi connectivity index (χ0v) is 19.5. The molecule has 0 spiro atoms. The quantitative estimate of drug-likeness (QED) is 0.497. The molecule has 3 heterocycles. The van der Waals surface area contributed by atoms with Crippen molar-refractivity contribution < 1.29 is 22.0 Å². The van der Waals surface area contributed by atoms with Gasteiger partial charge in [-0.3, -0.25) is 4.79 Å². The van der Waals surface area contributed by atoms with Gasteiger partial charge in [-0.1, -0.05) is 24.3 Å². The molecule has 2 aromatic heterocycles. The van der Waals surface area contributed by atoms with Crippen molar-refractivity contribution in [3.8, 4) is 17.7 Å². The number of oxazole rings is 1. The van der Waals surface area contributed by atoms with E-state index in [2.05, 4.69) is 21.1 Å². The minimum atomic E-state index is -3.32. The molecule has 0 bridgehead atoms. The second-order valence-electron chi connectivity index (χ2n) is 8.02. The number of amides is 1. The number of aromatic nitrogens is 1. The molecule has 1 aliphatic heterocycles. The number of benzene rings is 1. The number of hydrogen-bond acceptors (Lipinski definition) is 8. The number of hydrogen-bond donors (Lipinski definition) is 2. The predicted molar refractivity (Wildman–Crippen MR) is 124 cm³/mol. The lowest BCUT2D eigenvalue weighted by Crippen LogP contribution is -2.40. The van der Waals surface area contributed by atoms with Gasteiger partial charge in [-0.15, -0.1) is 0 Å². The third-order valence-corrected chi connectivity index (χ3v) is 7.09. The molecule has 0 aliphatic carbocycles. The van der Waals surface area contributed by atoms with E-state index in [0.29, 0.717) is 49.7 Å². The molecule has 0 atom stereocenters. The second kappa shape index (κ2) is 10.1. The highest BCUT2D eigenvalue weighted by atomic mass is 32.2. The van der Waals surface area contributed by atoms with Crippen LogP contribution in [0, 0.1) is 17.2 Å². The summed E-state index contributed by atoms with van der Waals surface area (Å²) in [4.78, 5) is 18.8. The molecule has 1 aromatic carbocycles. The summed E-state index contributed by atoms with van der Waals surface area (Å²) in [5, 5.41) is 12.4. The normalized spacial score (nSPS) is 14.6. The van der Waals surface area contributed by atoms with Crippen molar-refractivity contribution in [2.75, 3.05) is 25.0 Å². The molecule has 0 saturated carbocycles. The number of piperidine rings is 1. The molecule has 4 rings (SSSR count). The first kappa shape index (κ1) is 23.5. The van der Waals surface area contributed by atoms with Crippen molar-refractivity contribution in [2.45, 2.75) is 25.1 Å². The molecule has 34 heavy (non-hydrogen) atoms. The number of nitriles is 1. The molecule has 1 fully saturated rings. The van der Waals surface area contributed by atoms with E-state index in [1.165, 1.54) is 13.3 Å². The van der Waals surface area contributed by atoms with Crippen LogP contribution in [0.2, 0.25) is 0 Å². The SMILES string of the molecule is CNS(=O)(=O)Cc1ccc(CNC(=O)C2CCN(c3oc(-c4ccco4)nc3C#N)CC2)cc1. The van der Waals surface area contributed by atoms with Gasteiger partial charge < -0.3 is 19.1 Å². The van der Waals surface area contributed by atoms with E-state index in [1.54, 1.807) is 24.3 Å². The van der Waals surface area contributed by atoms with Crippen molar-refractivity contribution in [3.05, 3.63) is 59.5 Å². The fourth-order valence-electron chi connectivity index (χ4n) is 3.83. The van der Waals surface area contributed by atoms with Gasteiger partial charge in [0.2, 0.25) is 27.5 Å². The molecule has 178 valence electrons. The summed E-state index contributed by atoms with van der Waals surface area (Å²) in [6.07, 6.45) is 2.75. The lowest BCUT2D eigenvalue weighted by atomic mass is 9.96. The van der Waals surface area contributed by atoms with Crippen LogP contribution in [0.25, 0.3) is 11.7 Å². The van der Waals surface area contributed by atoms with Gasteiger partial charge in [0, 0.05) is 25.6 Å². The molecule has 0 unspecified atom stereocenters. The number of nitrogens with one attached hydrogen (secondary N) is 2. The van der Waals surface area contributed by atoms with Crippen molar-refractivity contribution in [3.63, 3.8) is 0 Å². The number of rotatable bonds is 8. The monoisotopic (exact) mass is 483 g/mol. The van der Waals surface area contributed by atoms with Gasteiger partial charge >= 0.3 is 0 Å². The van der Waals surface area contributed by atoms with Gasteiger partial charge in [0.25, 0.3) is 5.89 Å². The van der Waals surface area contributed by atoms with Crippen LogP contribution in [0.4, 0.5) is 5.88 Å². The number of anilines is 1. The number of sulfonamides is 1. The van der Waals surface area contributed by atoms with Crippen LogP contribution in [0.3, 0.4) is 0 Å². The summed E-state index contributed by atoms with van der Waals surface area (Å²) in [7, 11) is -1.94. The van der Waals surface area contributed by atoms with Crippen LogP contribution in [0.5, 0.6) is 0 Å². The largest absolute Gasteiger partial charge is 0.459 e.